The molecule has 0 saturated carbocycles. The van der Waals surface area contributed by atoms with Gasteiger partial charge < -0.3 is 9.64 Å². The lowest BCUT2D eigenvalue weighted by Crippen LogP contribution is -2.25. The molecule has 11 rings (SSSR count). The van der Waals surface area contributed by atoms with E-state index in [0.717, 1.165) is 78.9 Å². The topological polar surface area (TPSA) is 38.2 Å². The lowest BCUT2D eigenvalue weighted by atomic mass is 9.74. The second kappa shape index (κ2) is 16.7. The molecular weight excluding hydrogens is 791 g/mol. The van der Waals surface area contributed by atoms with Crippen LogP contribution in [-0.2, 0) is 5.41 Å². The largest absolute Gasteiger partial charge is 0.455 e. The second-order valence-corrected chi connectivity index (χ2v) is 17.0. The van der Waals surface area contributed by atoms with Crippen molar-refractivity contribution in [2.45, 2.75) is 19.3 Å². The third kappa shape index (κ3) is 7.55. The standard InChI is InChI=1S/C61H45N3O/c1-61(2)54-27-15-25-52(58(54)65-59-53(26-16-28-55(59)61)57-41-56(47-21-11-5-12-22-47)62-60(63-57)48-23-13-6-14-24-48)46-33-39-51(40-34-46)64(49-35-29-44(30-36-49)42-17-7-3-8-18-42)50-37-31-45(32-38-50)43-19-9-4-10-20-43/h3-41H,1-2H3. The van der Waals surface area contributed by atoms with Crippen LogP contribution in [0.2, 0.25) is 0 Å². The van der Waals surface area contributed by atoms with Crippen molar-refractivity contribution >= 4 is 17.1 Å². The van der Waals surface area contributed by atoms with Crippen LogP contribution < -0.4 is 9.64 Å². The fourth-order valence-corrected chi connectivity index (χ4v) is 9.12. The average Bonchev–Trinajstić information content (AvgIpc) is 3.38. The Hall–Kier alpha value is -8.34. The summed E-state index contributed by atoms with van der Waals surface area (Å²) in [6.07, 6.45) is 0. The maximum Gasteiger partial charge on any atom is 0.160 e. The van der Waals surface area contributed by atoms with Crippen molar-refractivity contribution in [1.82, 2.24) is 9.97 Å². The van der Waals surface area contributed by atoms with E-state index < -0.39 is 0 Å². The highest BCUT2D eigenvalue weighted by molar-refractivity contribution is 5.84. The summed E-state index contributed by atoms with van der Waals surface area (Å²) in [6.45, 7) is 4.58. The van der Waals surface area contributed by atoms with Crippen LogP contribution in [-0.4, -0.2) is 9.97 Å². The Kier molecular flexibility index (Phi) is 10.2. The molecule has 310 valence electrons. The quantitative estimate of drug-likeness (QED) is 0.145. The second-order valence-electron chi connectivity index (χ2n) is 17.0. The van der Waals surface area contributed by atoms with Gasteiger partial charge in [-0.3, -0.25) is 0 Å². The van der Waals surface area contributed by atoms with E-state index in [2.05, 4.69) is 219 Å². The molecule has 0 amide bonds. The molecule has 4 heteroatoms. The number of fused-ring (bicyclic) bond motifs is 2. The number of hydrogen-bond acceptors (Lipinski definition) is 4. The van der Waals surface area contributed by atoms with Crippen LogP contribution >= 0.6 is 0 Å². The molecule has 0 atom stereocenters. The zero-order chi connectivity index (χ0) is 43.7. The molecule has 0 saturated heterocycles. The van der Waals surface area contributed by atoms with Crippen LogP contribution in [0.25, 0.3) is 67.3 Å². The fraction of sp³-hybridized carbons (Fsp3) is 0.0492. The Morgan fingerprint density at radius 2 is 0.723 bits per heavy atom. The molecule has 0 fully saturated rings. The molecule has 2 heterocycles. The van der Waals surface area contributed by atoms with Crippen molar-refractivity contribution in [1.29, 1.82) is 0 Å². The summed E-state index contributed by atoms with van der Waals surface area (Å²) in [5.74, 6) is 2.34. The van der Waals surface area contributed by atoms with E-state index in [1.54, 1.807) is 0 Å². The summed E-state index contributed by atoms with van der Waals surface area (Å²) in [5.41, 5.74) is 16.5. The van der Waals surface area contributed by atoms with Crippen LogP contribution in [0.15, 0.2) is 237 Å². The maximum atomic E-state index is 7.22. The smallest absolute Gasteiger partial charge is 0.160 e. The Labute approximate surface area is 380 Å². The van der Waals surface area contributed by atoms with Gasteiger partial charge in [-0.15, -0.1) is 0 Å². The minimum atomic E-state index is -0.360. The number of para-hydroxylation sites is 2. The number of ether oxygens (including phenoxy) is 1. The fourth-order valence-electron chi connectivity index (χ4n) is 9.12. The van der Waals surface area contributed by atoms with Gasteiger partial charge in [-0.25, -0.2) is 9.97 Å². The van der Waals surface area contributed by atoms with E-state index in [9.17, 15) is 0 Å². The molecule has 0 unspecified atom stereocenters. The molecule has 9 aromatic carbocycles. The molecule has 1 aliphatic heterocycles. The highest BCUT2D eigenvalue weighted by atomic mass is 16.5. The van der Waals surface area contributed by atoms with E-state index in [0.29, 0.717) is 5.82 Å². The summed E-state index contributed by atoms with van der Waals surface area (Å²) in [7, 11) is 0. The number of benzene rings is 9. The van der Waals surface area contributed by atoms with Crippen molar-refractivity contribution < 1.29 is 4.74 Å². The lowest BCUT2D eigenvalue weighted by Gasteiger charge is -2.36. The van der Waals surface area contributed by atoms with Crippen LogP contribution in [0, 0.1) is 0 Å². The van der Waals surface area contributed by atoms with Crippen molar-refractivity contribution in [3.8, 4) is 78.8 Å². The first-order valence-corrected chi connectivity index (χ1v) is 22.1. The summed E-state index contributed by atoms with van der Waals surface area (Å²) in [4.78, 5) is 12.6. The van der Waals surface area contributed by atoms with Gasteiger partial charge in [0.15, 0.2) is 5.82 Å². The van der Waals surface area contributed by atoms with Gasteiger partial charge in [0.1, 0.15) is 11.5 Å². The zero-order valence-electron chi connectivity index (χ0n) is 36.3. The number of rotatable bonds is 9. The van der Waals surface area contributed by atoms with Crippen LogP contribution in [0.3, 0.4) is 0 Å². The third-order valence-corrected chi connectivity index (χ3v) is 12.6. The van der Waals surface area contributed by atoms with Gasteiger partial charge in [0.2, 0.25) is 0 Å². The summed E-state index contributed by atoms with van der Waals surface area (Å²) in [6, 6.07) is 83.1. The Balaban J connectivity index is 0.981. The molecule has 65 heavy (non-hydrogen) atoms. The molecule has 1 aromatic heterocycles. The minimum Gasteiger partial charge on any atom is -0.455 e. The van der Waals surface area contributed by atoms with Gasteiger partial charge >= 0.3 is 0 Å². The van der Waals surface area contributed by atoms with Crippen molar-refractivity contribution in [3.05, 3.63) is 248 Å². The SMILES string of the molecule is CC1(C)c2cccc(-c3ccc(N(c4ccc(-c5ccccc5)cc4)c4ccc(-c5ccccc5)cc4)cc3)c2Oc2c(-c3cc(-c4ccccc4)nc(-c4ccccc4)n3)cccc21. The Bertz CT molecular complexity index is 3120. The monoisotopic (exact) mass is 835 g/mol. The molecule has 0 bridgehead atoms. The van der Waals surface area contributed by atoms with E-state index in [1.165, 1.54) is 22.3 Å². The van der Waals surface area contributed by atoms with Gasteiger partial charge in [0.05, 0.1) is 11.4 Å². The minimum absolute atomic E-state index is 0.360. The first-order valence-electron chi connectivity index (χ1n) is 22.1. The predicted octanol–water partition coefficient (Wildman–Crippen LogP) is 16.4. The molecule has 0 aliphatic carbocycles. The number of anilines is 3. The van der Waals surface area contributed by atoms with Gasteiger partial charge in [-0.2, -0.15) is 0 Å². The average molecular weight is 836 g/mol. The van der Waals surface area contributed by atoms with E-state index in [1.807, 2.05) is 36.4 Å². The van der Waals surface area contributed by atoms with Gasteiger partial charge in [0, 0.05) is 55.9 Å². The molecule has 0 N–H and O–H groups in total. The van der Waals surface area contributed by atoms with E-state index >= 15 is 0 Å². The van der Waals surface area contributed by atoms with E-state index in [-0.39, 0.29) is 5.41 Å². The highest BCUT2D eigenvalue weighted by Crippen LogP contribution is 2.54. The molecule has 1 aliphatic rings. The molecule has 4 nitrogen and oxygen atoms in total. The number of aromatic nitrogens is 2. The molecule has 0 spiro atoms. The maximum absolute atomic E-state index is 7.22. The molecule has 10 aromatic rings. The van der Waals surface area contributed by atoms with E-state index in [4.69, 9.17) is 14.7 Å². The summed E-state index contributed by atoms with van der Waals surface area (Å²) >= 11 is 0. The molecular formula is C61H45N3O. The predicted molar refractivity (Wildman–Crippen MR) is 268 cm³/mol. The third-order valence-electron chi connectivity index (χ3n) is 12.6. The van der Waals surface area contributed by atoms with Crippen LogP contribution in [0.1, 0.15) is 25.0 Å². The highest BCUT2D eigenvalue weighted by Gasteiger charge is 2.37. The first-order chi connectivity index (χ1) is 32.0. The van der Waals surface area contributed by atoms with Gasteiger partial charge in [0.25, 0.3) is 0 Å². The van der Waals surface area contributed by atoms with Crippen molar-refractivity contribution in [2.24, 2.45) is 0 Å². The Morgan fingerprint density at radius 3 is 1.22 bits per heavy atom. The van der Waals surface area contributed by atoms with Crippen LogP contribution in [0.4, 0.5) is 17.1 Å². The Morgan fingerprint density at radius 1 is 0.338 bits per heavy atom. The summed E-state index contributed by atoms with van der Waals surface area (Å²) in [5, 5.41) is 0. The van der Waals surface area contributed by atoms with Crippen molar-refractivity contribution in [3.63, 3.8) is 0 Å². The zero-order valence-corrected chi connectivity index (χ0v) is 36.3. The number of hydrogen-bond donors (Lipinski definition) is 0. The van der Waals surface area contributed by atoms with Crippen LogP contribution in [0.5, 0.6) is 11.5 Å². The summed E-state index contributed by atoms with van der Waals surface area (Å²) < 4.78 is 7.22. The normalized spacial score (nSPS) is 12.4. The van der Waals surface area contributed by atoms with Crippen molar-refractivity contribution in [2.75, 3.05) is 4.90 Å². The van der Waals surface area contributed by atoms with Gasteiger partial charge in [-0.1, -0.05) is 202 Å². The number of nitrogens with zero attached hydrogens (tertiary/aromatic N) is 3. The first kappa shape index (κ1) is 39.5. The molecule has 0 radical (unpaired) electrons. The van der Waals surface area contributed by atoms with Gasteiger partial charge in [-0.05, 0) is 76.3 Å². The lowest BCUT2D eigenvalue weighted by molar-refractivity contribution is 0.421.